The topological polar surface area (TPSA) is 101 Å². The molecule has 2 saturated heterocycles. The third-order valence-electron chi connectivity index (χ3n) is 8.52. The SMILES string of the molecule is COCC1CN(Cc2cccc(Nc3ccnc(-c4cccc(-c5ccc(CNC[C@H]6CCC(=O)N6)c(OC)n5)c4Cl)c3Cl)c2F)C1. The number of halogens is 3. The summed E-state index contributed by atoms with van der Waals surface area (Å²) in [5.41, 5.74) is 4.70. The van der Waals surface area contributed by atoms with E-state index in [4.69, 9.17) is 37.7 Å². The second-order valence-corrected chi connectivity index (χ2v) is 12.7. The van der Waals surface area contributed by atoms with Gasteiger partial charge in [-0.2, -0.15) is 0 Å². The molecule has 2 aromatic heterocycles. The smallest absolute Gasteiger partial charge is 0.220 e. The van der Waals surface area contributed by atoms with Gasteiger partial charge in [0.15, 0.2) is 5.82 Å². The zero-order valence-corrected chi connectivity index (χ0v) is 27.8. The predicted octanol–water partition coefficient (Wildman–Crippen LogP) is 6.46. The number of hydrogen-bond donors (Lipinski definition) is 3. The average molecular weight is 680 g/mol. The van der Waals surface area contributed by atoms with E-state index in [0.29, 0.717) is 87.4 Å². The van der Waals surface area contributed by atoms with Gasteiger partial charge in [0.05, 0.1) is 46.5 Å². The van der Waals surface area contributed by atoms with Crippen molar-refractivity contribution >= 4 is 40.5 Å². The second kappa shape index (κ2) is 15.0. The number of benzene rings is 2. The van der Waals surface area contributed by atoms with Gasteiger partial charge in [0, 0.05) is 86.7 Å². The van der Waals surface area contributed by atoms with E-state index in [9.17, 15) is 4.79 Å². The van der Waals surface area contributed by atoms with Crippen molar-refractivity contribution in [3.05, 3.63) is 87.8 Å². The molecule has 3 N–H and O–H groups in total. The molecule has 2 aliphatic heterocycles. The van der Waals surface area contributed by atoms with Crippen molar-refractivity contribution in [2.24, 2.45) is 5.92 Å². The molecular weight excluding hydrogens is 642 g/mol. The first-order chi connectivity index (χ1) is 22.8. The predicted molar refractivity (Wildman–Crippen MR) is 183 cm³/mol. The van der Waals surface area contributed by atoms with Crippen LogP contribution in [-0.2, 0) is 22.6 Å². The first-order valence-electron chi connectivity index (χ1n) is 15.6. The first kappa shape index (κ1) is 33.1. The highest BCUT2D eigenvalue weighted by Crippen LogP contribution is 2.41. The van der Waals surface area contributed by atoms with Gasteiger partial charge in [-0.25, -0.2) is 9.37 Å². The third kappa shape index (κ3) is 7.52. The number of carbonyl (C=O) groups excluding carboxylic acids is 1. The zero-order chi connectivity index (χ0) is 32.9. The van der Waals surface area contributed by atoms with Crippen molar-refractivity contribution < 1.29 is 18.7 Å². The molecule has 9 nitrogen and oxygen atoms in total. The number of pyridine rings is 2. The van der Waals surface area contributed by atoms with Gasteiger partial charge in [0.25, 0.3) is 0 Å². The van der Waals surface area contributed by atoms with Gasteiger partial charge in [0.1, 0.15) is 0 Å². The molecular formula is C35H37Cl2FN6O3. The number of nitrogens with zero attached hydrogens (tertiary/aromatic N) is 3. The number of aromatic nitrogens is 2. The fraction of sp³-hybridized carbons (Fsp3) is 0.343. The number of anilines is 2. The summed E-state index contributed by atoms with van der Waals surface area (Å²) in [5, 5.41) is 10.2. The van der Waals surface area contributed by atoms with Crippen LogP contribution >= 0.6 is 23.2 Å². The number of likely N-dealkylation sites (tertiary alicyclic amines) is 1. The molecule has 6 rings (SSSR count). The number of amides is 1. The zero-order valence-electron chi connectivity index (χ0n) is 26.3. The largest absolute Gasteiger partial charge is 0.481 e. The number of ether oxygens (including phenoxy) is 2. The molecule has 0 radical (unpaired) electrons. The maximum Gasteiger partial charge on any atom is 0.220 e. The molecule has 2 aliphatic rings. The van der Waals surface area contributed by atoms with Crippen LogP contribution in [0.1, 0.15) is 24.0 Å². The van der Waals surface area contributed by atoms with E-state index in [1.54, 1.807) is 38.6 Å². The summed E-state index contributed by atoms with van der Waals surface area (Å²) in [7, 11) is 3.28. The summed E-state index contributed by atoms with van der Waals surface area (Å²) in [6.45, 7) is 4.21. The van der Waals surface area contributed by atoms with E-state index in [2.05, 4.69) is 25.8 Å². The second-order valence-electron chi connectivity index (χ2n) is 11.9. The molecule has 12 heteroatoms. The Bertz CT molecular complexity index is 1750. The van der Waals surface area contributed by atoms with Crippen LogP contribution in [-0.4, -0.2) is 67.3 Å². The third-order valence-corrected chi connectivity index (χ3v) is 9.31. The molecule has 47 heavy (non-hydrogen) atoms. The number of nitrogens with one attached hydrogen (secondary N) is 3. The fourth-order valence-electron chi connectivity index (χ4n) is 6.11. The highest BCUT2D eigenvalue weighted by molar-refractivity contribution is 6.39. The van der Waals surface area contributed by atoms with Crippen LogP contribution < -0.4 is 20.7 Å². The summed E-state index contributed by atoms with van der Waals surface area (Å²) in [6, 6.07) is 16.6. The summed E-state index contributed by atoms with van der Waals surface area (Å²) in [6.07, 6.45) is 3.01. The number of carbonyl (C=O) groups is 1. The van der Waals surface area contributed by atoms with E-state index >= 15 is 4.39 Å². The number of rotatable bonds is 13. The van der Waals surface area contributed by atoms with Crippen molar-refractivity contribution in [1.82, 2.24) is 25.5 Å². The minimum atomic E-state index is -0.318. The van der Waals surface area contributed by atoms with Gasteiger partial charge in [-0.05, 0) is 24.6 Å². The maximum atomic E-state index is 15.6. The Labute approximate surface area is 283 Å². The van der Waals surface area contributed by atoms with E-state index in [0.717, 1.165) is 31.7 Å². The van der Waals surface area contributed by atoms with Gasteiger partial charge in [-0.1, -0.05) is 59.6 Å². The molecule has 0 unspecified atom stereocenters. The Morgan fingerprint density at radius 2 is 1.81 bits per heavy atom. The molecule has 0 spiro atoms. The lowest BCUT2D eigenvalue weighted by molar-refractivity contribution is -0.119. The van der Waals surface area contributed by atoms with Gasteiger partial charge in [0.2, 0.25) is 11.8 Å². The van der Waals surface area contributed by atoms with Crippen LogP contribution in [0.25, 0.3) is 22.5 Å². The van der Waals surface area contributed by atoms with Crippen molar-refractivity contribution in [1.29, 1.82) is 0 Å². The highest BCUT2D eigenvalue weighted by atomic mass is 35.5. The summed E-state index contributed by atoms with van der Waals surface area (Å²) in [4.78, 5) is 23.0. The Morgan fingerprint density at radius 3 is 2.57 bits per heavy atom. The van der Waals surface area contributed by atoms with E-state index < -0.39 is 0 Å². The van der Waals surface area contributed by atoms with Gasteiger partial charge >= 0.3 is 0 Å². The molecule has 4 aromatic rings. The van der Waals surface area contributed by atoms with Crippen molar-refractivity contribution in [2.45, 2.75) is 32.0 Å². The van der Waals surface area contributed by atoms with Crippen molar-refractivity contribution in [3.63, 3.8) is 0 Å². The van der Waals surface area contributed by atoms with Crippen molar-refractivity contribution in [2.75, 3.05) is 45.8 Å². The standard InChI is InChI=1S/C35H37Cl2FN6O3/c1-46-20-21-17-44(18-21)19-23-5-3-8-29(33(23)38)42-28-13-14-40-34(32(28)37)26-7-4-6-25(31(26)36)27-11-9-22(35(43-27)47-2)15-39-16-24-10-12-30(45)41-24/h3-9,11,13-14,21,24,39H,10,12,15-20H2,1-2H3,(H,40,42)(H,41,45)/t24-/m1/s1. The first-order valence-corrected chi connectivity index (χ1v) is 16.3. The Hall–Kier alpha value is -3.80. The Balaban J connectivity index is 1.19. The van der Waals surface area contributed by atoms with E-state index in [-0.39, 0.29) is 17.8 Å². The molecule has 0 saturated carbocycles. The van der Waals surface area contributed by atoms with Crippen molar-refractivity contribution in [3.8, 4) is 28.4 Å². The van der Waals surface area contributed by atoms with Crippen LogP contribution in [0.3, 0.4) is 0 Å². The Morgan fingerprint density at radius 1 is 1.00 bits per heavy atom. The maximum absolute atomic E-state index is 15.6. The fourth-order valence-corrected chi connectivity index (χ4v) is 6.69. The highest BCUT2D eigenvalue weighted by Gasteiger charge is 2.27. The molecule has 246 valence electrons. The van der Waals surface area contributed by atoms with E-state index in [1.807, 2.05) is 36.4 Å². The average Bonchev–Trinajstić information content (AvgIpc) is 3.47. The molecule has 0 bridgehead atoms. The van der Waals surface area contributed by atoms with Gasteiger partial charge < -0.3 is 25.4 Å². The monoisotopic (exact) mass is 678 g/mol. The van der Waals surface area contributed by atoms with Crippen LogP contribution in [0.2, 0.25) is 10.0 Å². The van der Waals surface area contributed by atoms with E-state index in [1.165, 1.54) is 0 Å². The van der Waals surface area contributed by atoms with Gasteiger partial charge in [-0.3, -0.25) is 14.7 Å². The van der Waals surface area contributed by atoms with Crippen LogP contribution in [0.5, 0.6) is 5.88 Å². The molecule has 0 aliphatic carbocycles. The number of hydrogen-bond acceptors (Lipinski definition) is 8. The minimum absolute atomic E-state index is 0.0906. The lowest BCUT2D eigenvalue weighted by atomic mass is 10.00. The molecule has 4 heterocycles. The van der Waals surface area contributed by atoms with Gasteiger partial charge in [-0.15, -0.1) is 0 Å². The summed E-state index contributed by atoms with van der Waals surface area (Å²) < 4.78 is 26.4. The normalized spacial score (nSPS) is 16.6. The van der Waals surface area contributed by atoms with Crippen LogP contribution in [0, 0.1) is 11.7 Å². The lowest BCUT2D eigenvalue weighted by Gasteiger charge is -2.39. The Kier molecular flexibility index (Phi) is 10.5. The molecule has 1 atom stereocenters. The minimum Gasteiger partial charge on any atom is -0.481 e. The quantitative estimate of drug-likeness (QED) is 0.148. The molecule has 2 fully saturated rings. The molecule has 2 aromatic carbocycles. The number of methoxy groups -OCH3 is 2. The molecule has 1 amide bonds. The van der Waals surface area contributed by atoms with Crippen LogP contribution in [0.4, 0.5) is 15.8 Å². The lowest BCUT2D eigenvalue weighted by Crippen LogP contribution is -2.47. The summed E-state index contributed by atoms with van der Waals surface area (Å²) in [5.74, 6) is 0.735. The van der Waals surface area contributed by atoms with Crippen LogP contribution in [0.15, 0.2) is 60.8 Å². The summed E-state index contributed by atoms with van der Waals surface area (Å²) >= 11 is 13.9.